The molecule has 0 saturated heterocycles. The van der Waals surface area contributed by atoms with Crippen LogP contribution < -0.4 is 10.9 Å². The zero-order chi connectivity index (χ0) is 20.1. The van der Waals surface area contributed by atoms with Gasteiger partial charge in [0.2, 0.25) is 5.91 Å². The molecule has 0 aliphatic rings. The van der Waals surface area contributed by atoms with Gasteiger partial charge in [-0.3, -0.25) is 9.59 Å². The van der Waals surface area contributed by atoms with Gasteiger partial charge in [-0.15, -0.1) is 0 Å². The van der Waals surface area contributed by atoms with E-state index in [2.05, 4.69) is 10.4 Å². The molecule has 0 fully saturated rings. The summed E-state index contributed by atoms with van der Waals surface area (Å²) < 4.78 is 0.989. The van der Waals surface area contributed by atoms with Crippen molar-refractivity contribution in [3.05, 3.63) is 87.7 Å². The van der Waals surface area contributed by atoms with Gasteiger partial charge in [0, 0.05) is 16.7 Å². The van der Waals surface area contributed by atoms with Crippen LogP contribution >= 0.6 is 11.6 Å². The van der Waals surface area contributed by atoms with E-state index in [1.165, 1.54) is 6.07 Å². The van der Waals surface area contributed by atoms with Gasteiger partial charge < -0.3 is 10.4 Å². The molecule has 2 N–H and O–H groups in total. The quantitative estimate of drug-likeness (QED) is 0.665. The summed E-state index contributed by atoms with van der Waals surface area (Å²) in [5.74, 6) is -1.84. The van der Waals surface area contributed by atoms with Crippen molar-refractivity contribution >= 4 is 23.5 Å². The Bertz CT molecular complexity index is 1050. The van der Waals surface area contributed by atoms with Crippen molar-refractivity contribution in [1.82, 2.24) is 15.1 Å². The molecule has 1 heterocycles. The van der Waals surface area contributed by atoms with Crippen LogP contribution in [0.3, 0.4) is 0 Å². The fourth-order valence-electron chi connectivity index (χ4n) is 2.61. The number of aliphatic carboxylic acids is 1. The van der Waals surface area contributed by atoms with Crippen molar-refractivity contribution in [3.63, 3.8) is 0 Å². The van der Waals surface area contributed by atoms with Crippen molar-refractivity contribution < 1.29 is 14.7 Å². The van der Waals surface area contributed by atoms with Gasteiger partial charge in [-0.2, -0.15) is 5.10 Å². The number of aromatic nitrogens is 2. The van der Waals surface area contributed by atoms with Crippen LogP contribution in [0, 0.1) is 0 Å². The minimum atomic E-state index is -1.22. The molecule has 1 unspecified atom stereocenters. The molecule has 2 aromatic carbocycles. The molecule has 7 nitrogen and oxygen atoms in total. The minimum Gasteiger partial charge on any atom is -0.479 e. The van der Waals surface area contributed by atoms with Crippen molar-refractivity contribution in [2.24, 2.45) is 0 Å². The van der Waals surface area contributed by atoms with Gasteiger partial charge >= 0.3 is 5.97 Å². The van der Waals surface area contributed by atoms with E-state index in [0.29, 0.717) is 16.3 Å². The molecule has 0 saturated carbocycles. The Balaban J connectivity index is 1.79. The number of amides is 1. The third kappa shape index (κ3) is 4.63. The van der Waals surface area contributed by atoms with Gasteiger partial charge in [-0.1, -0.05) is 54.1 Å². The fraction of sp³-hybridized carbons (Fsp3) is 0.100. The number of benzene rings is 2. The van der Waals surface area contributed by atoms with Crippen LogP contribution in [0.5, 0.6) is 0 Å². The number of halogens is 1. The predicted octanol–water partition coefficient (Wildman–Crippen LogP) is 2.51. The van der Waals surface area contributed by atoms with Crippen LogP contribution in [0.4, 0.5) is 0 Å². The smallest absolute Gasteiger partial charge is 0.330 e. The first kappa shape index (κ1) is 19.3. The molecule has 0 bridgehead atoms. The number of nitrogens with zero attached hydrogens (tertiary/aromatic N) is 2. The number of rotatable bonds is 6. The summed E-state index contributed by atoms with van der Waals surface area (Å²) in [4.78, 5) is 35.9. The molecule has 3 rings (SSSR count). The lowest BCUT2D eigenvalue weighted by atomic mass is 10.1. The third-order valence-electron chi connectivity index (χ3n) is 3.99. The predicted molar refractivity (Wildman–Crippen MR) is 104 cm³/mol. The third-order valence-corrected chi connectivity index (χ3v) is 4.24. The Hall–Kier alpha value is -3.45. The highest BCUT2D eigenvalue weighted by Gasteiger charge is 2.22. The molecule has 0 radical (unpaired) electrons. The van der Waals surface area contributed by atoms with Gasteiger partial charge in [-0.05, 0) is 23.8 Å². The maximum absolute atomic E-state index is 12.4. The van der Waals surface area contributed by atoms with Crippen molar-refractivity contribution in [2.45, 2.75) is 12.6 Å². The maximum Gasteiger partial charge on any atom is 0.330 e. The highest BCUT2D eigenvalue weighted by Crippen LogP contribution is 2.18. The summed E-state index contributed by atoms with van der Waals surface area (Å²) in [6.07, 6.45) is 0. The molecule has 1 atom stereocenters. The SMILES string of the molecule is O=C(Cn1nc(-c2ccc(Cl)cc2)ccc1=O)NC(C(=O)O)c1ccccc1. The highest BCUT2D eigenvalue weighted by molar-refractivity contribution is 6.30. The lowest BCUT2D eigenvalue weighted by Crippen LogP contribution is -2.38. The number of carbonyl (C=O) groups excluding carboxylic acids is 1. The van der Waals surface area contributed by atoms with Crippen molar-refractivity contribution in [2.75, 3.05) is 0 Å². The van der Waals surface area contributed by atoms with E-state index in [9.17, 15) is 19.5 Å². The van der Waals surface area contributed by atoms with Crippen LogP contribution in [-0.2, 0) is 16.1 Å². The number of nitrogens with one attached hydrogen (secondary N) is 1. The van der Waals surface area contributed by atoms with Gasteiger partial charge in [0.25, 0.3) is 5.56 Å². The zero-order valence-electron chi connectivity index (χ0n) is 14.6. The maximum atomic E-state index is 12.4. The molecule has 28 heavy (non-hydrogen) atoms. The van der Waals surface area contributed by atoms with Crippen molar-refractivity contribution in [1.29, 1.82) is 0 Å². The topological polar surface area (TPSA) is 101 Å². The first-order valence-electron chi connectivity index (χ1n) is 8.35. The Kier molecular flexibility index (Phi) is 5.86. The fourth-order valence-corrected chi connectivity index (χ4v) is 2.74. The molecule has 0 spiro atoms. The van der Waals surface area contributed by atoms with E-state index in [4.69, 9.17) is 11.6 Å². The van der Waals surface area contributed by atoms with E-state index >= 15 is 0 Å². The Labute approximate surface area is 165 Å². The molecule has 1 aromatic heterocycles. The second-order valence-electron chi connectivity index (χ2n) is 5.97. The summed E-state index contributed by atoms with van der Waals surface area (Å²) in [5.41, 5.74) is 1.17. The van der Waals surface area contributed by atoms with Crippen LogP contribution in [0.1, 0.15) is 11.6 Å². The number of carboxylic acid groups (broad SMARTS) is 1. The van der Waals surface area contributed by atoms with Crippen LogP contribution in [0.25, 0.3) is 11.3 Å². The summed E-state index contributed by atoms with van der Waals surface area (Å²) in [5, 5.41) is 16.6. The summed E-state index contributed by atoms with van der Waals surface area (Å²) in [6.45, 7) is -0.406. The van der Waals surface area contributed by atoms with E-state index in [1.54, 1.807) is 60.7 Å². The van der Waals surface area contributed by atoms with Gasteiger partial charge in [0.05, 0.1) is 5.69 Å². The van der Waals surface area contributed by atoms with E-state index in [0.717, 1.165) is 10.2 Å². The Morgan fingerprint density at radius 3 is 2.36 bits per heavy atom. The number of carbonyl (C=O) groups is 2. The van der Waals surface area contributed by atoms with Crippen molar-refractivity contribution in [3.8, 4) is 11.3 Å². The summed E-state index contributed by atoms with van der Waals surface area (Å²) >= 11 is 5.87. The lowest BCUT2D eigenvalue weighted by molar-refractivity contribution is -0.142. The largest absolute Gasteiger partial charge is 0.479 e. The number of hydrogen-bond acceptors (Lipinski definition) is 4. The lowest BCUT2D eigenvalue weighted by Gasteiger charge is -2.15. The van der Waals surface area contributed by atoms with E-state index in [-0.39, 0.29) is 0 Å². The standard InChI is InChI=1S/C20H16ClN3O4/c21-15-8-6-13(7-9-15)16-10-11-18(26)24(23-16)12-17(25)22-19(20(27)28)14-4-2-1-3-5-14/h1-11,19H,12H2,(H,22,25)(H,27,28). The number of hydrogen-bond donors (Lipinski definition) is 2. The van der Waals surface area contributed by atoms with Crippen LogP contribution in [0.15, 0.2) is 71.5 Å². The first-order chi connectivity index (χ1) is 13.4. The highest BCUT2D eigenvalue weighted by atomic mass is 35.5. The molecule has 8 heteroatoms. The summed E-state index contributed by atoms with van der Waals surface area (Å²) in [6, 6.07) is 16.8. The molecule has 0 aliphatic carbocycles. The summed E-state index contributed by atoms with van der Waals surface area (Å²) in [7, 11) is 0. The van der Waals surface area contributed by atoms with Gasteiger partial charge in [0.1, 0.15) is 6.54 Å². The Morgan fingerprint density at radius 1 is 1.04 bits per heavy atom. The zero-order valence-corrected chi connectivity index (χ0v) is 15.3. The normalized spacial score (nSPS) is 11.6. The molecular weight excluding hydrogens is 382 g/mol. The van der Waals surface area contributed by atoms with Crippen LogP contribution in [-0.4, -0.2) is 26.8 Å². The second kappa shape index (κ2) is 8.49. The molecule has 0 aliphatic heterocycles. The first-order valence-corrected chi connectivity index (χ1v) is 8.73. The Morgan fingerprint density at radius 2 is 1.71 bits per heavy atom. The molecule has 1 amide bonds. The molecule has 142 valence electrons. The van der Waals surface area contributed by atoms with Gasteiger partial charge in [0.15, 0.2) is 6.04 Å². The minimum absolute atomic E-state index is 0.406. The second-order valence-corrected chi connectivity index (χ2v) is 6.41. The van der Waals surface area contributed by atoms with Crippen LogP contribution in [0.2, 0.25) is 5.02 Å². The van der Waals surface area contributed by atoms with Gasteiger partial charge in [-0.25, -0.2) is 9.48 Å². The van der Waals surface area contributed by atoms with E-state index in [1.807, 2.05) is 0 Å². The average molecular weight is 398 g/mol. The number of carboxylic acids is 1. The molecule has 3 aromatic rings. The molecular formula is C20H16ClN3O4. The van der Waals surface area contributed by atoms with E-state index < -0.39 is 30.0 Å². The monoisotopic (exact) mass is 397 g/mol. The average Bonchev–Trinajstić information content (AvgIpc) is 2.69.